The lowest BCUT2D eigenvalue weighted by atomic mass is 9.84. The first-order valence-electron chi connectivity index (χ1n) is 12.1. The Kier molecular flexibility index (Phi) is 8.06. The fourth-order valence-electron chi connectivity index (χ4n) is 5.24. The van der Waals surface area contributed by atoms with E-state index in [1.807, 2.05) is 0 Å². The van der Waals surface area contributed by atoms with E-state index < -0.39 is 0 Å². The minimum atomic E-state index is 0.334. The predicted molar refractivity (Wildman–Crippen MR) is 130 cm³/mol. The standard InChI is InChI=1S/C27H38N2O3/c1-28-19-23-18-25(32-17-3-13-29-14-10-21(11-15-29)12-16-30)8-9-26(23)27(20-28)22-4-6-24(31-2)7-5-22/h4-9,18,21,27,30H,3,10-17,19-20H2,1-2H3/p+1. The minimum Gasteiger partial charge on any atom is -0.583 e. The smallest absolute Gasteiger partial charge is 0.254 e. The monoisotopic (exact) mass is 439 g/mol. The highest BCUT2D eigenvalue weighted by Crippen LogP contribution is 2.35. The first kappa shape index (κ1) is 23.1. The van der Waals surface area contributed by atoms with E-state index in [0.717, 1.165) is 56.5 Å². The molecule has 1 fully saturated rings. The Hall–Kier alpha value is -2.08. The van der Waals surface area contributed by atoms with Crippen molar-refractivity contribution in [2.45, 2.75) is 38.1 Å². The molecule has 2 aromatic rings. The molecule has 0 bridgehead atoms. The molecule has 0 amide bonds. The van der Waals surface area contributed by atoms with E-state index in [-0.39, 0.29) is 0 Å². The summed E-state index contributed by atoms with van der Waals surface area (Å²) in [6.07, 6.45) is 4.53. The topological polar surface area (TPSA) is 48.7 Å². The molecule has 0 saturated carbocycles. The second-order valence-electron chi connectivity index (χ2n) is 9.44. The van der Waals surface area contributed by atoms with Gasteiger partial charge in [0.1, 0.15) is 5.75 Å². The van der Waals surface area contributed by atoms with E-state index in [0.29, 0.717) is 12.5 Å². The fourth-order valence-corrected chi connectivity index (χ4v) is 5.24. The minimum absolute atomic E-state index is 0.334. The Morgan fingerprint density at radius 3 is 2.59 bits per heavy atom. The van der Waals surface area contributed by atoms with Gasteiger partial charge in [0.2, 0.25) is 0 Å². The normalized spacial score (nSPS) is 20.2. The molecule has 4 rings (SSSR count). The lowest BCUT2D eigenvalue weighted by Crippen LogP contribution is -2.35. The van der Waals surface area contributed by atoms with Crippen molar-refractivity contribution >= 4 is 0 Å². The van der Waals surface area contributed by atoms with Gasteiger partial charge < -0.3 is 24.4 Å². The van der Waals surface area contributed by atoms with E-state index in [1.165, 1.54) is 42.6 Å². The van der Waals surface area contributed by atoms with Gasteiger partial charge in [0, 0.05) is 50.7 Å². The number of rotatable bonds is 9. The number of benzene rings is 2. The number of likely N-dealkylation sites (N-methyl/N-ethyl adjacent to an activating group) is 1. The Balaban J connectivity index is 1.30. The van der Waals surface area contributed by atoms with Gasteiger partial charge in [-0.2, -0.15) is 0 Å². The summed E-state index contributed by atoms with van der Waals surface area (Å²) in [4.78, 5) is 4.96. The molecule has 32 heavy (non-hydrogen) atoms. The van der Waals surface area contributed by atoms with Crippen molar-refractivity contribution < 1.29 is 14.6 Å². The zero-order valence-electron chi connectivity index (χ0n) is 19.7. The SMILES string of the molecule is COc1ccc(C2CN(C)Cc3cc([OH+]CCCN4CCC(CCO)CC4)ccc32)cc1. The lowest BCUT2D eigenvalue weighted by Gasteiger charge is -2.32. The van der Waals surface area contributed by atoms with Gasteiger partial charge in [0.25, 0.3) is 5.75 Å². The van der Waals surface area contributed by atoms with E-state index in [4.69, 9.17) is 14.6 Å². The maximum atomic E-state index is 9.11. The number of aliphatic hydroxyl groups is 2. The van der Waals surface area contributed by atoms with Crippen molar-refractivity contribution in [3.05, 3.63) is 59.2 Å². The molecule has 2 aliphatic rings. The van der Waals surface area contributed by atoms with Crippen LogP contribution in [-0.2, 0) is 6.54 Å². The molecule has 5 nitrogen and oxygen atoms in total. The molecule has 174 valence electrons. The number of nitrogens with zero attached hydrogens (tertiary/aromatic N) is 2. The number of hydrogen-bond donors (Lipinski definition) is 1. The summed E-state index contributed by atoms with van der Waals surface area (Å²) in [5.74, 6) is 3.12. The molecular formula is C27H39N2O3+. The highest BCUT2D eigenvalue weighted by atomic mass is 16.5. The second-order valence-corrected chi connectivity index (χ2v) is 9.44. The molecule has 1 saturated heterocycles. The van der Waals surface area contributed by atoms with E-state index >= 15 is 0 Å². The van der Waals surface area contributed by atoms with Gasteiger partial charge in [-0.05, 0) is 80.2 Å². The van der Waals surface area contributed by atoms with Crippen molar-refractivity contribution in [1.82, 2.24) is 9.80 Å². The third kappa shape index (κ3) is 5.83. The quantitative estimate of drug-likeness (QED) is 0.474. The van der Waals surface area contributed by atoms with E-state index in [9.17, 15) is 0 Å². The Bertz CT molecular complexity index is 846. The van der Waals surface area contributed by atoms with E-state index in [2.05, 4.69) is 59.3 Å². The van der Waals surface area contributed by atoms with Gasteiger partial charge in [-0.15, -0.1) is 0 Å². The van der Waals surface area contributed by atoms with Crippen LogP contribution in [0.3, 0.4) is 0 Å². The summed E-state index contributed by atoms with van der Waals surface area (Å²) in [5.41, 5.74) is 4.16. The van der Waals surface area contributed by atoms with Crippen molar-refractivity contribution in [3.8, 4) is 11.5 Å². The van der Waals surface area contributed by atoms with Gasteiger partial charge in [-0.25, -0.2) is 0 Å². The Morgan fingerprint density at radius 2 is 1.88 bits per heavy atom. The number of fused-ring (bicyclic) bond motifs is 1. The highest BCUT2D eigenvalue weighted by Gasteiger charge is 2.26. The Morgan fingerprint density at radius 1 is 1.09 bits per heavy atom. The number of aromatic hydroxyl groups is 1. The first-order valence-corrected chi connectivity index (χ1v) is 12.1. The average molecular weight is 440 g/mol. The van der Waals surface area contributed by atoms with Crippen LogP contribution in [0, 0.1) is 5.92 Å². The van der Waals surface area contributed by atoms with Crippen LogP contribution in [0.25, 0.3) is 0 Å². The molecule has 0 spiro atoms. The summed E-state index contributed by atoms with van der Waals surface area (Å²) in [6.45, 7) is 6.70. The fraction of sp³-hybridized carbons (Fsp3) is 0.556. The van der Waals surface area contributed by atoms with Gasteiger partial charge in [0.15, 0.2) is 6.61 Å². The third-order valence-electron chi connectivity index (χ3n) is 7.13. The summed E-state index contributed by atoms with van der Waals surface area (Å²) in [6, 6.07) is 15.3. The average Bonchev–Trinajstić information content (AvgIpc) is 2.82. The van der Waals surface area contributed by atoms with Crippen molar-refractivity contribution in [2.75, 3.05) is 53.6 Å². The zero-order chi connectivity index (χ0) is 22.3. The van der Waals surface area contributed by atoms with Crippen LogP contribution in [0.2, 0.25) is 0 Å². The predicted octanol–water partition coefficient (Wildman–Crippen LogP) is 4.00. The maximum absolute atomic E-state index is 9.11. The van der Waals surface area contributed by atoms with Crippen LogP contribution in [0.4, 0.5) is 0 Å². The van der Waals surface area contributed by atoms with Gasteiger partial charge in [0.05, 0.1) is 7.11 Å². The van der Waals surface area contributed by atoms with Crippen LogP contribution >= 0.6 is 0 Å². The number of aliphatic hydroxyl groups excluding tert-OH is 1. The number of piperidine rings is 1. The molecule has 0 radical (unpaired) electrons. The van der Waals surface area contributed by atoms with Gasteiger partial charge in [-0.3, -0.25) is 0 Å². The number of hydrogen-bond acceptors (Lipinski definition) is 4. The largest absolute Gasteiger partial charge is 0.583 e. The number of methoxy groups -OCH3 is 1. The van der Waals surface area contributed by atoms with Crippen LogP contribution in [0.5, 0.6) is 11.5 Å². The van der Waals surface area contributed by atoms with Crippen LogP contribution in [0.1, 0.15) is 48.3 Å². The molecule has 0 aromatic heterocycles. The Labute approximate surface area is 192 Å². The summed E-state index contributed by atoms with van der Waals surface area (Å²) in [5, 5.41) is 9.11. The molecule has 1 unspecified atom stereocenters. The molecule has 2 heterocycles. The summed E-state index contributed by atoms with van der Waals surface area (Å²) in [7, 11) is 3.91. The van der Waals surface area contributed by atoms with Crippen LogP contribution < -0.4 is 4.74 Å². The molecular weight excluding hydrogens is 400 g/mol. The highest BCUT2D eigenvalue weighted by molar-refractivity contribution is 5.44. The molecule has 0 aliphatic carbocycles. The maximum Gasteiger partial charge on any atom is 0.254 e. The van der Waals surface area contributed by atoms with Gasteiger partial charge in [-0.1, -0.05) is 12.1 Å². The van der Waals surface area contributed by atoms with Crippen molar-refractivity contribution in [1.29, 1.82) is 0 Å². The molecule has 2 aliphatic heterocycles. The molecule has 2 N–H and O–H groups in total. The lowest BCUT2D eigenvalue weighted by molar-refractivity contribution is 0.0549. The number of likely N-dealkylation sites (tertiary alicyclic amines) is 1. The number of ether oxygens (including phenoxy) is 2. The van der Waals surface area contributed by atoms with E-state index in [1.54, 1.807) is 7.11 Å². The summed E-state index contributed by atoms with van der Waals surface area (Å²) < 4.78 is 10.2. The van der Waals surface area contributed by atoms with Crippen molar-refractivity contribution in [2.24, 2.45) is 5.92 Å². The molecule has 5 heteroatoms. The van der Waals surface area contributed by atoms with Crippen LogP contribution in [0.15, 0.2) is 42.5 Å². The van der Waals surface area contributed by atoms with Gasteiger partial charge >= 0.3 is 0 Å². The molecule has 1 atom stereocenters. The zero-order valence-corrected chi connectivity index (χ0v) is 19.7. The molecule has 2 aromatic carbocycles. The second kappa shape index (κ2) is 11.2. The third-order valence-corrected chi connectivity index (χ3v) is 7.13. The van der Waals surface area contributed by atoms with Crippen molar-refractivity contribution in [3.63, 3.8) is 0 Å². The summed E-state index contributed by atoms with van der Waals surface area (Å²) >= 11 is 0. The van der Waals surface area contributed by atoms with Crippen LogP contribution in [-0.4, -0.2) is 73.2 Å². The first-order chi connectivity index (χ1) is 15.7.